The lowest BCUT2D eigenvalue weighted by molar-refractivity contribution is -0.140. The highest BCUT2D eigenvalue weighted by atomic mass is 19.3. The van der Waals surface area contributed by atoms with E-state index in [4.69, 9.17) is 0 Å². The second kappa shape index (κ2) is 6.42. The van der Waals surface area contributed by atoms with Crippen LogP contribution in [0.3, 0.4) is 0 Å². The van der Waals surface area contributed by atoms with Gasteiger partial charge in [-0.25, -0.2) is 8.78 Å². The minimum Gasteiger partial charge on any atom is -0.203 e. The van der Waals surface area contributed by atoms with Gasteiger partial charge in [0.25, 0.3) is 0 Å². The number of alkyl halides is 4. The Labute approximate surface area is 130 Å². The van der Waals surface area contributed by atoms with E-state index < -0.39 is 34.6 Å². The lowest BCUT2D eigenvalue weighted by Crippen LogP contribution is -2.41. The Morgan fingerprint density at radius 1 is 0.957 bits per heavy atom. The summed E-state index contributed by atoms with van der Waals surface area (Å²) >= 11 is 0. The quantitative estimate of drug-likeness (QED) is 0.463. The molecule has 0 aromatic heterocycles. The van der Waals surface area contributed by atoms with Crippen molar-refractivity contribution in [2.45, 2.75) is 44.5 Å². The highest BCUT2D eigenvalue weighted by Gasteiger charge is 2.58. The van der Waals surface area contributed by atoms with E-state index in [-0.39, 0.29) is 18.1 Å². The van der Waals surface area contributed by atoms with Crippen molar-refractivity contribution in [2.75, 3.05) is 0 Å². The fourth-order valence-electron chi connectivity index (χ4n) is 2.47. The molecule has 2 rings (SSSR count). The Hall–Kier alpha value is -1.72. The van der Waals surface area contributed by atoms with E-state index in [0.717, 1.165) is 25.0 Å². The lowest BCUT2D eigenvalue weighted by atomic mass is 9.89. The van der Waals surface area contributed by atoms with Gasteiger partial charge in [-0.3, -0.25) is 0 Å². The Kier molecular flexibility index (Phi) is 4.92. The van der Waals surface area contributed by atoms with E-state index >= 15 is 0 Å². The molecule has 0 radical (unpaired) electrons. The van der Waals surface area contributed by atoms with Crippen molar-refractivity contribution in [1.29, 1.82) is 0 Å². The van der Waals surface area contributed by atoms with Gasteiger partial charge < -0.3 is 0 Å². The second-order valence-electron chi connectivity index (χ2n) is 5.49. The van der Waals surface area contributed by atoms with Crippen molar-refractivity contribution >= 4 is 5.57 Å². The third-order valence-corrected chi connectivity index (χ3v) is 3.83. The molecule has 0 saturated heterocycles. The van der Waals surface area contributed by atoms with Gasteiger partial charge in [-0.05, 0) is 24.5 Å². The monoisotopic (exact) mass is 334 g/mol. The molecule has 0 nitrogen and oxygen atoms in total. The summed E-state index contributed by atoms with van der Waals surface area (Å²) in [6.07, 6.45) is 4.06. The first-order valence-electron chi connectivity index (χ1n) is 7.35. The summed E-state index contributed by atoms with van der Waals surface area (Å²) in [5.74, 6) is -11.8. The standard InChI is InChI=1S/C17H16F6/c1-2-3-4-6-11-8-9-12(15(19)14(11)18)13-7-5-10-16(20,21)17(13,22)23/h5,7-10H,2-4,6H2,1H3. The van der Waals surface area contributed by atoms with E-state index in [0.29, 0.717) is 12.5 Å². The minimum absolute atomic E-state index is 0.0455. The van der Waals surface area contributed by atoms with Gasteiger partial charge in [0.1, 0.15) is 0 Å². The molecule has 0 spiro atoms. The highest BCUT2D eigenvalue weighted by Crippen LogP contribution is 2.48. The van der Waals surface area contributed by atoms with Gasteiger partial charge in [0.05, 0.1) is 0 Å². The highest BCUT2D eigenvalue weighted by molar-refractivity contribution is 5.75. The number of allylic oxidation sites excluding steroid dienone is 4. The second-order valence-corrected chi connectivity index (χ2v) is 5.49. The molecule has 0 N–H and O–H groups in total. The van der Waals surface area contributed by atoms with E-state index in [2.05, 4.69) is 0 Å². The van der Waals surface area contributed by atoms with Crippen LogP contribution in [0.2, 0.25) is 0 Å². The Balaban J connectivity index is 2.40. The molecule has 1 aliphatic carbocycles. The molecule has 0 unspecified atom stereocenters. The zero-order chi connectivity index (χ0) is 17.3. The fourth-order valence-corrected chi connectivity index (χ4v) is 2.47. The number of hydrogen-bond donors (Lipinski definition) is 0. The maximum atomic E-state index is 14.1. The summed E-state index contributed by atoms with van der Waals surface area (Å²) in [6, 6.07) is 2.12. The number of rotatable bonds is 5. The van der Waals surface area contributed by atoms with E-state index in [1.807, 2.05) is 6.92 Å². The van der Waals surface area contributed by atoms with Crippen molar-refractivity contribution in [1.82, 2.24) is 0 Å². The summed E-state index contributed by atoms with van der Waals surface area (Å²) in [5, 5.41) is 0. The molecule has 6 heteroatoms. The van der Waals surface area contributed by atoms with Gasteiger partial charge in [-0.1, -0.05) is 44.1 Å². The van der Waals surface area contributed by atoms with E-state index in [1.165, 1.54) is 6.07 Å². The van der Waals surface area contributed by atoms with Crippen molar-refractivity contribution < 1.29 is 26.3 Å². The number of benzene rings is 1. The van der Waals surface area contributed by atoms with Crippen molar-refractivity contribution in [3.05, 3.63) is 53.1 Å². The third kappa shape index (κ3) is 3.16. The van der Waals surface area contributed by atoms with Gasteiger partial charge in [0.2, 0.25) is 0 Å². The molecule has 0 aliphatic heterocycles. The number of unbranched alkanes of at least 4 members (excludes halogenated alkanes) is 2. The molecule has 23 heavy (non-hydrogen) atoms. The number of hydrogen-bond acceptors (Lipinski definition) is 0. The van der Waals surface area contributed by atoms with E-state index in [9.17, 15) is 26.3 Å². The van der Waals surface area contributed by atoms with Crippen LogP contribution in [-0.4, -0.2) is 11.8 Å². The molecule has 1 aromatic rings. The molecule has 1 aliphatic rings. The molecule has 0 amide bonds. The van der Waals surface area contributed by atoms with Crippen LogP contribution in [0.4, 0.5) is 26.3 Å². The summed E-state index contributed by atoms with van der Waals surface area (Å²) in [4.78, 5) is 0. The van der Waals surface area contributed by atoms with Gasteiger partial charge >= 0.3 is 11.8 Å². The molecule has 1 aromatic carbocycles. The largest absolute Gasteiger partial charge is 0.339 e. The predicted octanol–water partition coefficient (Wildman–Crippen LogP) is 5.92. The zero-order valence-corrected chi connectivity index (χ0v) is 12.5. The average Bonchev–Trinajstić information content (AvgIpc) is 2.47. The Morgan fingerprint density at radius 2 is 1.65 bits per heavy atom. The fraction of sp³-hybridized carbons (Fsp3) is 0.412. The molecule has 0 atom stereocenters. The molecule has 126 valence electrons. The first-order chi connectivity index (χ1) is 10.7. The molecular weight excluding hydrogens is 318 g/mol. The summed E-state index contributed by atoms with van der Waals surface area (Å²) in [5.41, 5.74) is -2.00. The van der Waals surface area contributed by atoms with Gasteiger partial charge in [-0.15, -0.1) is 0 Å². The van der Waals surface area contributed by atoms with Gasteiger partial charge in [0.15, 0.2) is 11.6 Å². The van der Waals surface area contributed by atoms with Crippen LogP contribution in [0.25, 0.3) is 5.57 Å². The van der Waals surface area contributed by atoms with Crippen LogP contribution in [0.5, 0.6) is 0 Å². The SMILES string of the molecule is CCCCCc1ccc(C2=CC=CC(F)(F)C2(F)F)c(F)c1F. The first-order valence-corrected chi connectivity index (χ1v) is 7.35. The third-order valence-electron chi connectivity index (χ3n) is 3.83. The number of halogens is 6. The van der Waals surface area contributed by atoms with Gasteiger partial charge in [-0.2, -0.15) is 17.6 Å². The summed E-state index contributed by atoms with van der Waals surface area (Å²) in [7, 11) is 0. The lowest BCUT2D eigenvalue weighted by Gasteiger charge is -2.29. The molecule has 0 saturated carbocycles. The van der Waals surface area contributed by atoms with Crippen LogP contribution < -0.4 is 0 Å². The topological polar surface area (TPSA) is 0 Å². The minimum atomic E-state index is -4.60. The first kappa shape index (κ1) is 17.6. The molecular formula is C17H16F6. The maximum Gasteiger partial charge on any atom is 0.339 e. The van der Waals surface area contributed by atoms with Crippen LogP contribution in [0.15, 0.2) is 30.4 Å². The Morgan fingerprint density at radius 3 is 2.30 bits per heavy atom. The molecule has 0 heterocycles. The van der Waals surface area contributed by atoms with Gasteiger partial charge in [0, 0.05) is 11.1 Å². The maximum absolute atomic E-state index is 14.1. The van der Waals surface area contributed by atoms with Crippen LogP contribution in [-0.2, 0) is 6.42 Å². The summed E-state index contributed by atoms with van der Waals surface area (Å²) < 4.78 is 82.5. The molecule has 0 fully saturated rings. The normalized spacial score (nSPS) is 18.8. The zero-order valence-electron chi connectivity index (χ0n) is 12.5. The van der Waals surface area contributed by atoms with Crippen molar-refractivity contribution in [3.8, 4) is 0 Å². The van der Waals surface area contributed by atoms with Crippen molar-refractivity contribution in [3.63, 3.8) is 0 Å². The van der Waals surface area contributed by atoms with E-state index in [1.54, 1.807) is 0 Å². The van der Waals surface area contributed by atoms with Crippen LogP contribution in [0.1, 0.15) is 37.3 Å². The molecule has 0 bridgehead atoms. The smallest absolute Gasteiger partial charge is 0.203 e. The Bertz CT molecular complexity index is 643. The van der Waals surface area contributed by atoms with Crippen LogP contribution >= 0.6 is 0 Å². The summed E-state index contributed by atoms with van der Waals surface area (Å²) in [6.45, 7) is 1.95. The van der Waals surface area contributed by atoms with Crippen LogP contribution in [0, 0.1) is 11.6 Å². The predicted molar refractivity (Wildman–Crippen MR) is 76.6 cm³/mol. The number of aryl methyl sites for hydroxylation is 1. The van der Waals surface area contributed by atoms with Crippen molar-refractivity contribution in [2.24, 2.45) is 0 Å². The average molecular weight is 334 g/mol.